The molecule has 0 unspecified atom stereocenters. The van der Waals surface area contributed by atoms with Crippen molar-refractivity contribution in [1.82, 2.24) is 0 Å². The molecule has 6 nitrogen and oxygen atoms in total. The number of nitro benzene ring substituents is 1. The lowest BCUT2D eigenvalue weighted by Crippen LogP contribution is -2.40. The highest BCUT2D eigenvalue weighted by atomic mass is 16.6. The summed E-state index contributed by atoms with van der Waals surface area (Å²) in [5.74, 6) is -1.15. The minimum atomic E-state index is -1.15. The van der Waals surface area contributed by atoms with Crippen molar-refractivity contribution in [3.8, 4) is 0 Å². The van der Waals surface area contributed by atoms with Crippen molar-refractivity contribution in [2.75, 3.05) is 5.32 Å². The molecule has 1 aliphatic carbocycles. The Hall–Kier alpha value is -2.11. The number of hydrogen-bond donors (Lipinski definition) is 2. The number of carboxylic acids is 1. The van der Waals surface area contributed by atoms with E-state index in [4.69, 9.17) is 0 Å². The van der Waals surface area contributed by atoms with E-state index in [1.807, 2.05) is 0 Å². The van der Waals surface area contributed by atoms with Gasteiger partial charge in [-0.05, 0) is 48.6 Å². The Morgan fingerprint density at radius 1 is 1.25 bits per heavy atom. The highest BCUT2D eigenvalue weighted by Gasteiger charge is 2.39. The summed E-state index contributed by atoms with van der Waals surface area (Å²) in [6.07, 6.45) is 2.96. The maximum absolute atomic E-state index is 11.4. The molecule has 0 radical (unpaired) electrons. The minimum Gasteiger partial charge on any atom is -0.478 e. The third kappa shape index (κ3) is 4.04. The van der Waals surface area contributed by atoms with Crippen LogP contribution in [0.5, 0.6) is 0 Å². The van der Waals surface area contributed by atoms with Crippen molar-refractivity contribution in [3.63, 3.8) is 0 Å². The highest BCUT2D eigenvalue weighted by Crippen LogP contribution is 2.46. The van der Waals surface area contributed by atoms with E-state index in [0.717, 1.165) is 25.3 Å². The second-order valence-electron chi connectivity index (χ2n) is 8.50. The lowest BCUT2D eigenvalue weighted by Gasteiger charge is -2.45. The van der Waals surface area contributed by atoms with Gasteiger partial charge in [-0.2, -0.15) is 0 Å². The van der Waals surface area contributed by atoms with E-state index in [1.54, 1.807) is 13.0 Å². The van der Waals surface area contributed by atoms with Crippen LogP contribution in [0.4, 0.5) is 11.4 Å². The standard InChI is InChI=1S/C18H26N2O4/c1-11-6-14(15(20(23)24)7-13(11)16(21)22)19-12-8-17(2,3)10-18(4,5)9-12/h6-7,12,19H,8-10H2,1-5H3,(H,21,22). The number of carboxylic acid groups (broad SMARTS) is 1. The van der Waals surface area contributed by atoms with Crippen LogP contribution in [-0.2, 0) is 0 Å². The molecule has 2 N–H and O–H groups in total. The number of aromatic carboxylic acids is 1. The van der Waals surface area contributed by atoms with Crippen molar-refractivity contribution in [1.29, 1.82) is 0 Å². The van der Waals surface area contributed by atoms with E-state index < -0.39 is 10.9 Å². The fourth-order valence-electron chi connectivity index (χ4n) is 4.36. The first-order valence-electron chi connectivity index (χ1n) is 8.19. The summed E-state index contributed by atoms with van der Waals surface area (Å²) in [5, 5.41) is 23.9. The van der Waals surface area contributed by atoms with Crippen LogP contribution in [0, 0.1) is 27.9 Å². The van der Waals surface area contributed by atoms with Crippen LogP contribution in [0.15, 0.2) is 12.1 Å². The molecule has 0 atom stereocenters. The van der Waals surface area contributed by atoms with Crippen LogP contribution in [0.2, 0.25) is 0 Å². The Labute approximate surface area is 142 Å². The normalized spacial score (nSPS) is 19.7. The molecule has 24 heavy (non-hydrogen) atoms. The Kier molecular flexibility index (Phi) is 4.61. The molecule has 0 heterocycles. The summed E-state index contributed by atoms with van der Waals surface area (Å²) in [6.45, 7) is 10.5. The molecule has 2 rings (SSSR count). The molecule has 0 aliphatic heterocycles. The summed E-state index contributed by atoms with van der Waals surface area (Å²) >= 11 is 0. The van der Waals surface area contributed by atoms with Crippen molar-refractivity contribution < 1.29 is 14.8 Å². The fraction of sp³-hybridized carbons (Fsp3) is 0.611. The maximum Gasteiger partial charge on any atom is 0.336 e. The van der Waals surface area contributed by atoms with Gasteiger partial charge in [0.2, 0.25) is 0 Å². The average molecular weight is 334 g/mol. The van der Waals surface area contributed by atoms with Gasteiger partial charge in [0, 0.05) is 12.1 Å². The van der Waals surface area contributed by atoms with Crippen molar-refractivity contribution in [2.45, 2.75) is 59.9 Å². The van der Waals surface area contributed by atoms with Gasteiger partial charge in [0.1, 0.15) is 5.69 Å². The van der Waals surface area contributed by atoms with Crippen LogP contribution in [0.3, 0.4) is 0 Å². The van der Waals surface area contributed by atoms with Gasteiger partial charge in [-0.3, -0.25) is 10.1 Å². The molecule has 1 saturated carbocycles. The van der Waals surface area contributed by atoms with E-state index in [2.05, 4.69) is 33.0 Å². The average Bonchev–Trinajstić information content (AvgIpc) is 2.33. The third-order valence-corrected chi connectivity index (χ3v) is 4.68. The quantitative estimate of drug-likeness (QED) is 0.619. The molecule has 1 aromatic carbocycles. The van der Waals surface area contributed by atoms with Gasteiger partial charge in [0.05, 0.1) is 10.5 Å². The van der Waals surface area contributed by atoms with Gasteiger partial charge in [-0.1, -0.05) is 27.7 Å². The Morgan fingerprint density at radius 3 is 2.25 bits per heavy atom. The van der Waals surface area contributed by atoms with Gasteiger partial charge in [0.15, 0.2) is 0 Å². The Balaban J connectivity index is 2.37. The number of carbonyl (C=O) groups is 1. The molecule has 0 aromatic heterocycles. The first-order chi connectivity index (χ1) is 10.9. The predicted molar refractivity (Wildman–Crippen MR) is 93.6 cm³/mol. The van der Waals surface area contributed by atoms with Crippen LogP contribution in [-0.4, -0.2) is 22.0 Å². The number of aryl methyl sites for hydroxylation is 1. The number of nitrogens with one attached hydrogen (secondary N) is 1. The van der Waals surface area contributed by atoms with E-state index in [0.29, 0.717) is 11.3 Å². The number of rotatable bonds is 4. The number of benzene rings is 1. The Morgan fingerprint density at radius 2 is 1.79 bits per heavy atom. The van der Waals surface area contributed by atoms with E-state index in [-0.39, 0.29) is 28.1 Å². The molecule has 0 bridgehead atoms. The minimum absolute atomic E-state index is 0.0310. The summed E-state index contributed by atoms with van der Waals surface area (Å²) in [6, 6.07) is 2.85. The zero-order valence-corrected chi connectivity index (χ0v) is 15.0. The first kappa shape index (κ1) is 18.2. The molecule has 0 amide bonds. The Bertz CT molecular complexity index is 664. The fourth-order valence-corrected chi connectivity index (χ4v) is 4.36. The number of nitro groups is 1. The van der Waals surface area contributed by atoms with Gasteiger partial charge in [-0.25, -0.2) is 4.79 Å². The number of nitrogens with zero attached hydrogens (tertiary/aromatic N) is 1. The summed E-state index contributed by atoms with van der Waals surface area (Å²) in [4.78, 5) is 22.1. The largest absolute Gasteiger partial charge is 0.478 e. The molecule has 1 fully saturated rings. The number of anilines is 1. The smallest absolute Gasteiger partial charge is 0.336 e. The molecular formula is C18H26N2O4. The van der Waals surface area contributed by atoms with Gasteiger partial charge >= 0.3 is 5.97 Å². The monoisotopic (exact) mass is 334 g/mol. The highest BCUT2D eigenvalue weighted by molar-refractivity contribution is 5.91. The van der Waals surface area contributed by atoms with Crippen molar-refractivity contribution >= 4 is 17.3 Å². The van der Waals surface area contributed by atoms with Crippen LogP contribution in [0.25, 0.3) is 0 Å². The molecule has 132 valence electrons. The van der Waals surface area contributed by atoms with Crippen LogP contribution < -0.4 is 5.32 Å². The SMILES string of the molecule is Cc1cc(NC2CC(C)(C)CC(C)(C)C2)c([N+](=O)[O-])cc1C(=O)O. The summed E-state index contributed by atoms with van der Waals surface area (Å²) < 4.78 is 0. The van der Waals surface area contributed by atoms with E-state index >= 15 is 0 Å². The van der Waals surface area contributed by atoms with E-state index in [9.17, 15) is 20.0 Å². The summed E-state index contributed by atoms with van der Waals surface area (Å²) in [7, 11) is 0. The van der Waals surface area contributed by atoms with Gasteiger partial charge < -0.3 is 10.4 Å². The molecule has 1 aliphatic rings. The maximum atomic E-state index is 11.4. The predicted octanol–water partition coefficient (Wildman–Crippen LogP) is 4.62. The lowest BCUT2D eigenvalue weighted by atomic mass is 9.63. The number of hydrogen-bond acceptors (Lipinski definition) is 4. The molecule has 6 heteroatoms. The van der Waals surface area contributed by atoms with E-state index in [1.165, 1.54) is 0 Å². The van der Waals surface area contributed by atoms with Crippen LogP contribution in [0.1, 0.15) is 62.9 Å². The molecular weight excluding hydrogens is 308 g/mol. The second kappa shape index (κ2) is 6.07. The third-order valence-electron chi connectivity index (χ3n) is 4.68. The summed E-state index contributed by atoms with van der Waals surface area (Å²) in [5.41, 5.74) is 1.02. The molecule has 0 saturated heterocycles. The molecule has 0 spiro atoms. The molecule has 1 aromatic rings. The lowest BCUT2D eigenvalue weighted by molar-refractivity contribution is -0.384. The van der Waals surface area contributed by atoms with Crippen molar-refractivity contribution in [2.24, 2.45) is 10.8 Å². The van der Waals surface area contributed by atoms with Crippen LogP contribution >= 0.6 is 0 Å². The van der Waals surface area contributed by atoms with Gasteiger partial charge in [0.25, 0.3) is 5.69 Å². The zero-order valence-electron chi connectivity index (χ0n) is 15.0. The van der Waals surface area contributed by atoms with Crippen molar-refractivity contribution in [3.05, 3.63) is 33.4 Å². The first-order valence-corrected chi connectivity index (χ1v) is 8.19. The topological polar surface area (TPSA) is 92.5 Å². The zero-order chi connectivity index (χ0) is 18.3. The second-order valence-corrected chi connectivity index (χ2v) is 8.50. The van der Waals surface area contributed by atoms with Gasteiger partial charge in [-0.15, -0.1) is 0 Å².